The third-order valence-corrected chi connectivity index (χ3v) is 5.28. The Kier molecular flexibility index (Phi) is 5.74. The number of aliphatic hydroxyl groups is 1. The van der Waals surface area contributed by atoms with E-state index in [0.29, 0.717) is 17.3 Å². The second kappa shape index (κ2) is 8.50. The minimum absolute atomic E-state index is 0.0811. The molecule has 1 N–H and O–H groups in total. The van der Waals surface area contributed by atoms with Crippen LogP contribution < -0.4 is 0 Å². The van der Waals surface area contributed by atoms with Gasteiger partial charge in [-0.3, -0.25) is 4.68 Å². The maximum Gasteiger partial charge on any atom is 0.138 e. The molecule has 0 unspecified atom stereocenters. The van der Waals surface area contributed by atoms with Gasteiger partial charge >= 0.3 is 0 Å². The maximum absolute atomic E-state index is 14.7. The second-order valence-corrected chi connectivity index (χ2v) is 7.49. The molecule has 166 valence electrons. The normalized spacial score (nSPS) is 14.3. The molecule has 0 aliphatic carbocycles. The summed E-state index contributed by atoms with van der Waals surface area (Å²) < 4.78 is 57.8. The average Bonchev–Trinajstić information content (AvgIpc) is 3.38. The highest BCUT2D eigenvalue weighted by atomic mass is 19.1. The van der Waals surface area contributed by atoms with Crippen LogP contribution in [-0.4, -0.2) is 35.1 Å². The van der Waals surface area contributed by atoms with Gasteiger partial charge in [-0.2, -0.15) is 5.10 Å². The fourth-order valence-corrected chi connectivity index (χ4v) is 3.63. The van der Waals surface area contributed by atoms with E-state index in [0.717, 1.165) is 18.2 Å². The first kappa shape index (κ1) is 21.6. The van der Waals surface area contributed by atoms with Crippen molar-refractivity contribution in [2.45, 2.75) is 31.5 Å². The van der Waals surface area contributed by atoms with Crippen LogP contribution in [0.5, 0.6) is 0 Å². The lowest BCUT2D eigenvalue weighted by atomic mass is 9.80. The number of nitrogens with zero attached hydrogens (tertiary/aromatic N) is 6. The average molecular weight is 446 g/mol. The minimum Gasteiger partial charge on any atom is -0.382 e. The molecule has 0 saturated carbocycles. The number of aromatic nitrogens is 6. The van der Waals surface area contributed by atoms with E-state index in [2.05, 4.69) is 20.6 Å². The summed E-state index contributed by atoms with van der Waals surface area (Å²) in [4.78, 5) is 0. The molecule has 7 nitrogen and oxygen atoms in total. The smallest absolute Gasteiger partial charge is 0.138 e. The summed E-state index contributed by atoms with van der Waals surface area (Å²) in [5, 5.41) is 26.8. The van der Waals surface area contributed by atoms with E-state index in [4.69, 9.17) is 0 Å². The topological polar surface area (TPSA) is 81.6 Å². The number of halogens is 4. The van der Waals surface area contributed by atoms with Crippen molar-refractivity contribution in [1.29, 1.82) is 0 Å². The van der Waals surface area contributed by atoms with Crippen LogP contribution in [0.2, 0.25) is 0 Å². The van der Waals surface area contributed by atoms with Gasteiger partial charge in [-0.1, -0.05) is 13.0 Å². The summed E-state index contributed by atoms with van der Waals surface area (Å²) >= 11 is 0. The molecule has 2 aromatic heterocycles. The zero-order chi connectivity index (χ0) is 22.9. The Morgan fingerprint density at radius 2 is 1.72 bits per heavy atom. The molecule has 2 atom stereocenters. The Hall–Kier alpha value is -3.60. The van der Waals surface area contributed by atoms with Crippen molar-refractivity contribution in [3.63, 3.8) is 0 Å². The standard InChI is InChI=1S/C21H18F4N6O/c1-13(20-4-5-30(27-20)10-14-6-16(23)8-17(24)7-14)21(32,11-31-12-26-28-29-31)18-3-2-15(22)9-19(18)25/h2-9,12-13,32H,10-11H2,1H3/t13-,21+/m0/s1. The highest BCUT2D eigenvalue weighted by Crippen LogP contribution is 2.39. The Morgan fingerprint density at radius 3 is 2.38 bits per heavy atom. The lowest BCUT2D eigenvalue weighted by Gasteiger charge is -2.33. The van der Waals surface area contributed by atoms with Crippen molar-refractivity contribution in [3.05, 3.63) is 95.1 Å². The predicted octanol–water partition coefficient (Wildman–Crippen LogP) is 3.17. The molecule has 0 spiro atoms. The van der Waals surface area contributed by atoms with E-state index in [1.54, 1.807) is 19.2 Å². The number of hydrogen-bond donors (Lipinski definition) is 1. The van der Waals surface area contributed by atoms with Crippen molar-refractivity contribution in [2.24, 2.45) is 0 Å². The van der Waals surface area contributed by atoms with Gasteiger partial charge in [-0.15, -0.1) is 5.10 Å². The van der Waals surface area contributed by atoms with Gasteiger partial charge in [0, 0.05) is 29.8 Å². The highest BCUT2D eigenvalue weighted by Gasteiger charge is 2.41. The van der Waals surface area contributed by atoms with Crippen molar-refractivity contribution in [1.82, 2.24) is 30.0 Å². The van der Waals surface area contributed by atoms with Gasteiger partial charge in [-0.05, 0) is 40.3 Å². The molecule has 2 heterocycles. The maximum atomic E-state index is 14.7. The van der Waals surface area contributed by atoms with Crippen LogP contribution in [0.15, 0.2) is 55.0 Å². The third-order valence-electron chi connectivity index (χ3n) is 5.28. The molecule has 0 radical (unpaired) electrons. The lowest BCUT2D eigenvalue weighted by Crippen LogP contribution is -2.38. The molecule has 0 amide bonds. The fourth-order valence-electron chi connectivity index (χ4n) is 3.63. The molecular weight excluding hydrogens is 428 g/mol. The molecule has 0 aliphatic heterocycles. The van der Waals surface area contributed by atoms with Gasteiger partial charge < -0.3 is 5.11 Å². The molecule has 0 fully saturated rings. The summed E-state index contributed by atoms with van der Waals surface area (Å²) in [5.74, 6) is -3.92. The SMILES string of the molecule is C[C@@H](c1ccn(Cc2cc(F)cc(F)c2)n1)[C@](O)(Cn1cnnn1)c1ccc(F)cc1F. The van der Waals surface area contributed by atoms with E-state index in [-0.39, 0.29) is 18.7 Å². The molecule has 32 heavy (non-hydrogen) atoms. The molecule has 0 saturated heterocycles. The van der Waals surface area contributed by atoms with Gasteiger partial charge in [0.05, 0.1) is 18.8 Å². The van der Waals surface area contributed by atoms with Gasteiger partial charge in [0.25, 0.3) is 0 Å². The quantitative estimate of drug-likeness (QED) is 0.441. The summed E-state index contributed by atoms with van der Waals surface area (Å²) in [6.45, 7) is 1.48. The van der Waals surface area contributed by atoms with Crippen LogP contribution in [0.25, 0.3) is 0 Å². The second-order valence-electron chi connectivity index (χ2n) is 7.49. The lowest BCUT2D eigenvalue weighted by molar-refractivity contribution is -0.0128. The zero-order valence-electron chi connectivity index (χ0n) is 16.8. The van der Waals surface area contributed by atoms with E-state index in [9.17, 15) is 22.7 Å². The number of tetrazole rings is 1. The first-order chi connectivity index (χ1) is 15.2. The van der Waals surface area contributed by atoms with Crippen molar-refractivity contribution in [3.8, 4) is 0 Å². The number of benzene rings is 2. The first-order valence-electron chi connectivity index (χ1n) is 9.61. The molecular formula is C21H18F4N6O. The van der Waals surface area contributed by atoms with Crippen molar-refractivity contribution < 1.29 is 22.7 Å². The van der Waals surface area contributed by atoms with E-state index in [1.807, 2.05) is 0 Å². The largest absolute Gasteiger partial charge is 0.382 e. The van der Waals surface area contributed by atoms with Crippen LogP contribution in [0.3, 0.4) is 0 Å². The van der Waals surface area contributed by atoms with Gasteiger partial charge in [0.15, 0.2) is 0 Å². The summed E-state index contributed by atoms with van der Waals surface area (Å²) in [5.41, 5.74) is -1.31. The first-order valence-corrected chi connectivity index (χ1v) is 9.61. The fraction of sp³-hybridized carbons (Fsp3) is 0.238. The van der Waals surface area contributed by atoms with Gasteiger partial charge in [0.1, 0.15) is 35.2 Å². The van der Waals surface area contributed by atoms with E-state index >= 15 is 0 Å². The summed E-state index contributed by atoms with van der Waals surface area (Å²) in [6.07, 6.45) is 2.84. The van der Waals surface area contributed by atoms with E-state index < -0.39 is 34.8 Å². The van der Waals surface area contributed by atoms with Gasteiger partial charge in [-0.25, -0.2) is 22.2 Å². The molecule has 4 rings (SSSR count). The zero-order valence-corrected chi connectivity index (χ0v) is 16.8. The Morgan fingerprint density at radius 1 is 0.969 bits per heavy atom. The van der Waals surface area contributed by atoms with Crippen LogP contribution in [0.4, 0.5) is 17.6 Å². The minimum atomic E-state index is -1.89. The van der Waals surface area contributed by atoms with Crippen molar-refractivity contribution in [2.75, 3.05) is 0 Å². The van der Waals surface area contributed by atoms with Gasteiger partial charge in [0.2, 0.25) is 0 Å². The van der Waals surface area contributed by atoms with Crippen LogP contribution >= 0.6 is 0 Å². The monoisotopic (exact) mass is 446 g/mol. The number of hydrogen-bond acceptors (Lipinski definition) is 5. The number of rotatable bonds is 7. The van der Waals surface area contributed by atoms with Crippen LogP contribution in [0, 0.1) is 23.3 Å². The predicted molar refractivity (Wildman–Crippen MR) is 104 cm³/mol. The Labute approximate surface area is 179 Å². The third kappa shape index (κ3) is 4.37. The Bertz CT molecular complexity index is 1210. The molecule has 11 heteroatoms. The Balaban J connectivity index is 1.67. The molecule has 2 aromatic carbocycles. The molecule has 0 bridgehead atoms. The van der Waals surface area contributed by atoms with E-state index in [1.165, 1.54) is 27.8 Å². The molecule has 0 aliphatic rings. The summed E-state index contributed by atoms with van der Waals surface area (Å²) in [6, 6.07) is 7.66. The van der Waals surface area contributed by atoms with Crippen LogP contribution in [-0.2, 0) is 18.7 Å². The van der Waals surface area contributed by atoms with Crippen molar-refractivity contribution >= 4 is 0 Å². The molecule has 4 aromatic rings. The van der Waals surface area contributed by atoms with Crippen LogP contribution in [0.1, 0.15) is 29.7 Å². The highest BCUT2D eigenvalue weighted by molar-refractivity contribution is 5.30. The summed E-state index contributed by atoms with van der Waals surface area (Å²) in [7, 11) is 0.